The molecule has 1 aliphatic heterocycles. The number of hydrogen-bond donors (Lipinski definition) is 0. The van der Waals surface area contributed by atoms with Crippen molar-refractivity contribution in [2.75, 3.05) is 18.6 Å². The van der Waals surface area contributed by atoms with Gasteiger partial charge < -0.3 is 4.74 Å². The fourth-order valence-corrected chi connectivity index (χ4v) is 5.63. The number of ether oxygens (including phenoxy) is 1. The second kappa shape index (κ2) is 8.03. The van der Waals surface area contributed by atoms with Crippen molar-refractivity contribution in [3.8, 4) is 5.75 Å². The highest BCUT2D eigenvalue weighted by molar-refractivity contribution is 7.17. The lowest BCUT2D eigenvalue weighted by Gasteiger charge is -2.21. The number of amides is 1. The van der Waals surface area contributed by atoms with Crippen molar-refractivity contribution in [1.82, 2.24) is 4.98 Å². The van der Waals surface area contributed by atoms with E-state index in [0.717, 1.165) is 46.0 Å². The number of fused-ring (bicyclic) bond motifs is 3. The Kier molecular flexibility index (Phi) is 5.09. The minimum atomic E-state index is 0.0372. The van der Waals surface area contributed by atoms with Gasteiger partial charge in [0.1, 0.15) is 17.3 Å². The monoisotopic (exact) mass is 417 g/mol. The highest BCUT2D eigenvalue weighted by Crippen LogP contribution is 2.43. The standard InChI is InChI=1S/C24H23N3O2S/c1-29-18-8-6-17(7-9-18)23-22-19-4-2-3-5-20(19)30-24(22)27(21(28)14-26-23)15-16-10-12-25-13-11-16/h6-13H,2-5,14-15H2,1H3. The first-order valence-electron chi connectivity index (χ1n) is 10.3. The zero-order valence-electron chi connectivity index (χ0n) is 16.9. The van der Waals surface area contributed by atoms with Crippen LogP contribution in [0.3, 0.4) is 0 Å². The maximum absolute atomic E-state index is 13.2. The summed E-state index contributed by atoms with van der Waals surface area (Å²) in [6, 6.07) is 11.9. The van der Waals surface area contributed by atoms with Crippen LogP contribution in [0, 0.1) is 0 Å². The fourth-order valence-electron chi connectivity index (χ4n) is 4.23. The summed E-state index contributed by atoms with van der Waals surface area (Å²) >= 11 is 1.77. The molecule has 2 aliphatic rings. The molecule has 1 aromatic carbocycles. The van der Waals surface area contributed by atoms with Gasteiger partial charge in [-0.15, -0.1) is 11.3 Å². The van der Waals surface area contributed by atoms with Gasteiger partial charge in [-0.2, -0.15) is 0 Å². The van der Waals surface area contributed by atoms with Crippen molar-refractivity contribution in [2.24, 2.45) is 4.99 Å². The summed E-state index contributed by atoms with van der Waals surface area (Å²) in [7, 11) is 1.67. The summed E-state index contributed by atoms with van der Waals surface area (Å²) in [5, 5.41) is 1.04. The zero-order valence-corrected chi connectivity index (χ0v) is 17.7. The molecule has 6 heteroatoms. The Morgan fingerprint density at radius 1 is 1.07 bits per heavy atom. The van der Waals surface area contributed by atoms with E-state index < -0.39 is 0 Å². The number of methoxy groups -OCH3 is 1. The molecule has 3 heterocycles. The van der Waals surface area contributed by atoms with Gasteiger partial charge in [0.05, 0.1) is 19.4 Å². The van der Waals surface area contributed by atoms with Gasteiger partial charge in [-0.3, -0.25) is 19.7 Å². The van der Waals surface area contributed by atoms with Crippen molar-refractivity contribution in [1.29, 1.82) is 0 Å². The van der Waals surface area contributed by atoms with Crippen LogP contribution in [0.1, 0.15) is 40.0 Å². The number of thiophene rings is 1. The Balaban J connectivity index is 1.64. The van der Waals surface area contributed by atoms with Gasteiger partial charge in [0.15, 0.2) is 0 Å². The summed E-state index contributed by atoms with van der Waals surface area (Å²) in [5.74, 6) is 0.853. The lowest BCUT2D eigenvalue weighted by atomic mass is 9.91. The smallest absolute Gasteiger partial charge is 0.249 e. The van der Waals surface area contributed by atoms with Crippen molar-refractivity contribution in [2.45, 2.75) is 32.2 Å². The Bertz CT molecular complexity index is 1100. The van der Waals surface area contributed by atoms with Crippen LogP contribution in [0.15, 0.2) is 53.8 Å². The van der Waals surface area contributed by atoms with Crippen LogP contribution in [-0.4, -0.2) is 30.3 Å². The number of rotatable bonds is 4. The van der Waals surface area contributed by atoms with Crippen molar-refractivity contribution in [3.05, 3.63) is 75.9 Å². The van der Waals surface area contributed by atoms with Crippen LogP contribution in [0.5, 0.6) is 5.75 Å². The van der Waals surface area contributed by atoms with E-state index in [-0.39, 0.29) is 12.5 Å². The predicted molar refractivity (Wildman–Crippen MR) is 120 cm³/mol. The number of anilines is 1. The number of aryl methyl sites for hydroxylation is 1. The first-order valence-corrected chi connectivity index (χ1v) is 11.1. The number of benzene rings is 1. The second-order valence-corrected chi connectivity index (χ2v) is 8.70. The number of aromatic nitrogens is 1. The molecule has 0 saturated heterocycles. The topological polar surface area (TPSA) is 54.8 Å². The highest BCUT2D eigenvalue weighted by Gasteiger charge is 2.32. The molecule has 152 valence electrons. The molecule has 5 nitrogen and oxygen atoms in total. The molecule has 0 bridgehead atoms. The first-order chi connectivity index (χ1) is 14.7. The summed E-state index contributed by atoms with van der Waals surface area (Å²) in [5.41, 5.74) is 5.56. The summed E-state index contributed by atoms with van der Waals surface area (Å²) < 4.78 is 5.32. The zero-order chi connectivity index (χ0) is 20.5. The Morgan fingerprint density at radius 2 is 1.83 bits per heavy atom. The number of carbonyl (C=O) groups excluding carboxylic acids is 1. The molecule has 0 atom stereocenters. The normalized spacial score (nSPS) is 15.8. The van der Waals surface area contributed by atoms with Gasteiger partial charge in [0.2, 0.25) is 5.91 Å². The SMILES string of the molecule is COc1ccc(C2=NCC(=O)N(Cc3ccncc3)c3sc4c(c32)CCCC4)cc1. The number of pyridine rings is 1. The summed E-state index contributed by atoms with van der Waals surface area (Å²) in [6.07, 6.45) is 8.08. The van der Waals surface area contributed by atoms with E-state index in [1.165, 1.54) is 23.3 Å². The molecule has 0 N–H and O–H groups in total. The van der Waals surface area contributed by atoms with Gasteiger partial charge in [-0.25, -0.2) is 0 Å². The molecule has 0 spiro atoms. The third-order valence-corrected chi connectivity index (χ3v) is 7.08. The minimum Gasteiger partial charge on any atom is -0.497 e. The van der Waals surface area contributed by atoms with Gasteiger partial charge in [0, 0.05) is 28.4 Å². The molecule has 0 unspecified atom stereocenters. The number of nitrogens with zero attached hydrogens (tertiary/aromatic N) is 3. The van der Waals surface area contributed by atoms with E-state index in [0.29, 0.717) is 6.54 Å². The lowest BCUT2D eigenvalue weighted by molar-refractivity contribution is -0.117. The number of hydrogen-bond acceptors (Lipinski definition) is 5. The molecule has 0 fully saturated rings. The maximum Gasteiger partial charge on any atom is 0.249 e. The van der Waals surface area contributed by atoms with Gasteiger partial charge >= 0.3 is 0 Å². The Morgan fingerprint density at radius 3 is 2.60 bits per heavy atom. The van der Waals surface area contributed by atoms with Crippen LogP contribution in [0.2, 0.25) is 0 Å². The summed E-state index contributed by atoms with van der Waals surface area (Å²) in [6.45, 7) is 0.696. The van der Waals surface area contributed by atoms with E-state index in [1.54, 1.807) is 30.8 Å². The average molecular weight is 418 g/mol. The van der Waals surface area contributed by atoms with E-state index in [4.69, 9.17) is 9.73 Å². The average Bonchev–Trinajstić information content (AvgIpc) is 3.11. The van der Waals surface area contributed by atoms with Crippen LogP contribution >= 0.6 is 11.3 Å². The molecule has 1 aliphatic carbocycles. The molecule has 3 aromatic rings. The van der Waals surface area contributed by atoms with Crippen molar-refractivity contribution < 1.29 is 9.53 Å². The largest absolute Gasteiger partial charge is 0.497 e. The van der Waals surface area contributed by atoms with Gasteiger partial charge in [-0.05, 0) is 73.2 Å². The molecule has 1 amide bonds. The van der Waals surface area contributed by atoms with Gasteiger partial charge in [0.25, 0.3) is 0 Å². The minimum absolute atomic E-state index is 0.0372. The van der Waals surface area contributed by atoms with Gasteiger partial charge in [-0.1, -0.05) is 0 Å². The van der Waals surface area contributed by atoms with Crippen LogP contribution in [0.4, 0.5) is 5.00 Å². The second-order valence-electron chi connectivity index (χ2n) is 7.62. The molecular formula is C24H23N3O2S. The molecule has 30 heavy (non-hydrogen) atoms. The third kappa shape index (κ3) is 3.41. The molecule has 5 rings (SSSR count). The Labute approximate surface area is 180 Å². The number of carbonyl (C=O) groups is 1. The molecular weight excluding hydrogens is 394 g/mol. The third-order valence-electron chi connectivity index (χ3n) is 5.76. The van der Waals surface area contributed by atoms with Crippen LogP contribution < -0.4 is 9.64 Å². The van der Waals surface area contributed by atoms with E-state index in [2.05, 4.69) is 4.98 Å². The quantitative estimate of drug-likeness (QED) is 0.632. The van der Waals surface area contributed by atoms with Crippen LogP contribution in [-0.2, 0) is 24.2 Å². The Hall–Kier alpha value is -2.99. The van der Waals surface area contributed by atoms with E-state index in [1.807, 2.05) is 41.3 Å². The van der Waals surface area contributed by atoms with Crippen molar-refractivity contribution in [3.63, 3.8) is 0 Å². The molecule has 0 saturated carbocycles. The first kappa shape index (κ1) is 19.0. The van der Waals surface area contributed by atoms with E-state index >= 15 is 0 Å². The predicted octanol–water partition coefficient (Wildman–Crippen LogP) is 4.41. The van der Waals surface area contributed by atoms with Crippen LogP contribution in [0.25, 0.3) is 0 Å². The van der Waals surface area contributed by atoms with Crippen molar-refractivity contribution >= 4 is 28.0 Å². The molecule has 0 radical (unpaired) electrons. The summed E-state index contributed by atoms with van der Waals surface area (Å²) in [4.78, 5) is 25.4. The maximum atomic E-state index is 13.2. The highest BCUT2D eigenvalue weighted by atomic mass is 32.1. The van der Waals surface area contributed by atoms with E-state index in [9.17, 15) is 4.79 Å². The number of aliphatic imine (C=N–C) groups is 1. The fraction of sp³-hybridized carbons (Fsp3) is 0.292. The molecule has 2 aromatic heterocycles. The lowest BCUT2D eigenvalue weighted by Crippen LogP contribution is -2.31.